The van der Waals surface area contributed by atoms with Gasteiger partial charge in [-0.05, 0) is 33.0 Å². The molecule has 0 radical (unpaired) electrons. The smallest absolute Gasteiger partial charge is 0.129 e. The molecule has 2 nitrogen and oxygen atoms in total. The summed E-state index contributed by atoms with van der Waals surface area (Å²) in [7, 11) is 1.97. The number of nitrogens with two attached hydrogens (primary N) is 1. The molecule has 0 fully saturated rings. The van der Waals surface area contributed by atoms with Crippen molar-refractivity contribution in [2.24, 2.45) is 0 Å². The third kappa shape index (κ3) is 2.70. The van der Waals surface area contributed by atoms with Crippen LogP contribution in [0.15, 0.2) is 18.2 Å². The van der Waals surface area contributed by atoms with Crippen LogP contribution in [0.5, 0.6) is 0 Å². The Labute approximate surface area is 84.5 Å². The molecule has 0 aliphatic rings. The van der Waals surface area contributed by atoms with Crippen LogP contribution in [0.4, 0.5) is 10.1 Å². The molecule has 0 aromatic heterocycles. The van der Waals surface area contributed by atoms with Crippen LogP contribution < -0.4 is 5.73 Å². The van der Waals surface area contributed by atoms with Crippen LogP contribution in [0.1, 0.15) is 19.4 Å². The Hall–Kier alpha value is -1.09. The minimum absolute atomic E-state index is 0.225. The molecule has 0 amide bonds. The van der Waals surface area contributed by atoms with E-state index in [1.165, 1.54) is 6.07 Å². The number of nitrogens with zero attached hydrogens (tertiary/aromatic N) is 1. The molecular formula is C11H17FN2. The van der Waals surface area contributed by atoms with E-state index in [-0.39, 0.29) is 5.82 Å². The first-order chi connectivity index (χ1) is 6.50. The van der Waals surface area contributed by atoms with E-state index >= 15 is 0 Å². The topological polar surface area (TPSA) is 29.3 Å². The highest BCUT2D eigenvalue weighted by molar-refractivity contribution is 5.40. The van der Waals surface area contributed by atoms with Gasteiger partial charge in [-0.2, -0.15) is 0 Å². The molecular weight excluding hydrogens is 179 g/mol. The minimum atomic E-state index is -0.225. The van der Waals surface area contributed by atoms with Crippen LogP contribution in [0, 0.1) is 5.82 Å². The Kier molecular flexibility index (Phi) is 3.47. The molecule has 1 aromatic carbocycles. The molecule has 3 heteroatoms. The van der Waals surface area contributed by atoms with Crippen molar-refractivity contribution in [3.8, 4) is 0 Å². The lowest BCUT2D eigenvalue weighted by atomic mass is 10.1. The van der Waals surface area contributed by atoms with Crippen molar-refractivity contribution >= 4 is 5.69 Å². The van der Waals surface area contributed by atoms with Crippen LogP contribution in [-0.2, 0) is 6.54 Å². The summed E-state index contributed by atoms with van der Waals surface area (Å²) >= 11 is 0. The van der Waals surface area contributed by atoms with Crippen LogP contribution in [0.25, 0.3) is 0 Å². The van der Waals surface area contributed by atoms with Gasteiger partial charge in [0, 0.05) is 23.8 Å². The van der Waals surface area contributed by atoms with Gasteiger partial charge in [0.25, 0.3) is 0 Å². The standard InChI is InChI=1S/C11H17FN2/c1-8(2)14(3)7-9-4-5-10(13)6-11(9)12/h4-6,8H,7,13H2,1-3H3. The minimum Gasteiger partial charge on any atom is -0.399 e. The van der Waals surface area contributed by atoms with E-state index in [0.29, 0.717) is 23.8 Å². The Bertz CT molecular complexity index is 310. The molecule has 0 bridgehead atoms. The quantitative estimate of drug-likeness (QED) is 0.751. The number of rotatable bonds is 3. The fourth-order valence-corrected chi connectivity index (χ4v) is 1.14. The average molecular weight is 196 g/mol. The zero-order valence-corrected chi connectivity index (χ0v) is 8.92. The summed E-state index contributed by atoms with van der Waals surface area (Å²) < 4.78 is 13.4. The number of hydrogen-bond donors (Lipinski definition) is 1. The predicted molar refractivity (Wildman–Crippen MR) is 57.4 cm³/mol. The van der Waals surface area contributed by atoms with Crippen molar-refractivity contribution in [3.05, 3.63) is 29.6 Å². The van der Waals surface area contributed by atoms with Crippen molar-refractivity contribution in [2.75, 3.05) is 12.8 Å². The summed E-state index contributed by atoms with van der Waals surface area (Å²) in [6.07, 6.45) is 0. The van der Waals surface area contributed by atoms with E-state index in [1.54, 1.807) is 12.1 Å². The van der Waals surface area contributed by atoms with Crippen molar-refractivity contribution in [1.29, 1.82) is 0 Å². The zero-order chi connectivity index (χ0) is 10.7. The van der Waals surface area contributed by atoms with Crippen molar-refractivity contribution in [3.63, 3.8) is 0 Å². The number of benzene rings is 1. The van der Waals surface area contributed by atoms with Gasteiger partial charge < -0.3 is 5.73 Å². The Morgan fingerprint density at radius 1 is 1.43 bits per heavy atom. The summed E-state index contributed by atoms with van der Waals surface area (Å²) in [5.41, 5.74) is 6.63. The van der Waals surface area contributed by atoms with E-state index in [2.05, 4.69) is 18.7 Å². The lowest BCUT2D eigenvalue weighted by Gasteiger charge is -2.21. The third-order valence-electron chi connectivity index (χ3n) is 2.38. The number of hydrogen-bond acceptors (Lipinski definition) is 2. The monoisotopic (exact) mass is 196 g/mol. The van der Waals surface area contributed by atoms with Crippen molar-refractivity contribution in [2.45, 2.75) is 26.4 Å². The molecule has 0 aliphatic heterocycles. The van der Waals surface area contributed by atoms with Gasteiger partial charge >= 0.3 is 0 Å². The lowest BCUT2D eigenvalue weighted by Crippen LogP contribution is -2.26. The maximum atomic E-state index is 13.4. The van der Waals surface area contributed by atoms with Gasteiger partial charge in [0.05, 0.1) is 0 Å². The van der Waals surface area contributed by atoms with Gasteiger partial charge in [-0.1, -0.05) is 6.07 Å². The lowest BCUT2D eigenvalue weighted by molar-refractivity contribution is 0.262. The van der Waals surface area contributed by atoms with Crippen molar-refractivity contribution in [1.82, 2.24) is 4.90 Å². The third-order valence-corrected chi connectivity index (χ3v) is 2.38. The second-order valence-electron chi connectivity index (χ2n) is 3.86. The van der Waals surface area contributed by atoms with Crippen LogP contribution >= 0.6 is 0 Å². The second kappa shape index (κ2) is 4.42. The predicted octanol–water partition coefficient (Wildman–Crippen LogP) is 2.25. The maximum Gasteiger partial charge on any atom is 0.129 e. The fraction of sp³-hybridized carbons (Fsp3) is 0.455. The molecule has 0 spiro atoms. The van der Waals surface area contributed by atoms with Crippen LogP contribution in [0.2, 0.25) is 0 Å². The van der Waals surface area contributed by atoms with E-state index < -0.39 is 0 Å². The Morgan fingerprint density at radius 3 is 2.57 bits per heavy atom. The molecule has 0 heterocycles. The van der Waals surface area contributed by atoms with Crippen LogP contribution in [0.3, 0.4) is 0 Å². The van der Waals surface area contributed by atoms with Gasteiger partial charge in [-0.15, -0.1) is 0 Å². The van der Waals surface area contributed by atoms with Gasteiger partial charge in [0.1, 0.15) is 5.82 Å². The number of halogens is 1. The number of nitrogen functional groups attached to an aromatic ring is 1. The summed E-state index contributed by atoms with van der Waals surface area (Å²) in [6, 6.07) is 5.24. The normalized spacial score (nSPS) is 11.3. The van der Waals surface area contributed by atoms with Gasteiger partial charge in [-0.3, -0.25) is 4.90 Å². The summed E-state index contributed by atoms with van der Waals surface area (Å²) in [6.45, 7) is 4.77. The summed E-state index contributed by atoms with van der Waals surface area (Å²) in [5.74, 6) is -0.225. The SMILES string of the molecule is CC(C)N(C)Cc1ccc(N)cc1F. The molecule has 0 saturated carbocycles. The molecule has 0 atom stereocenters. The highest BCUT2D eigenvalue weighted by atomic mass is 19.1. The molecule has 14 heavy (non-hydrogen) atoms. The molecule has 0 aliphatic carbocycles. The molecule has 0 unspecified atom stereocenters. The van der Waals surface area contributed by atoms with E-state index in [0.717, 1.165) is 0 Å². The number of anilines is 1. The molecule has 2 N–H and O–H groups in total. The zero-order valence-electron chi connectivity index (χ0n) is 8.92. The average Bonchev–Trinajstić information content (AvgIpc) is 2.09. The summed E-state index contributed by atoms with van der Waals surface area (Å²) in [4.78, 5) is 2.08. The Balaban J connectivity index is 2.77. The molecule has 1 rings (SSSR count). The van der Waals surface area contributed by atoms with Gasteiger partial charge in [-0.25, -0.2) is 4.39 Å². The first kappa shape index (κ1) is 11.0. The van der Waals surface area contributed by atoms with Gasteiger partial charge in [0.15, 0.2) is 0 Å². The van der Waals surface area contributed by atoms with Crippen molar-refractivity contribution < 1.29 is 4.39 Å². The highest BCUT2D eigenvalue weighted by Crippen LogP contribution is 2.14. The maximum absolute atomic E-state index is 13.4. The second-order valence-corrected chi connectivity index (χ2v) is 3.86. The first-order valence-corrected chi connectivity index (χ1v) is 4.75. The van der Waals surface area contributed by atoms with E-state index in [1.807, 2.05) is 7.05 Å². The van der Waals surface area contributed by atoms with Gasteiger partial charge in [0.2, 0.25) is 0 Å². The Morgan fingerprint density at radius 2 is 2.07 bits per heavy atom. The van der Waals surface area contributed by atoms with Crippen LogP contribution in [-0.4, -0.2) is 18.0 Å². The largest absolute Gasteiger partial charge is 0.399 e. The van der Waals surface area contributed by atoms with E-state index in [4.69, 9.17) is 5.73 Å². The molecule has 0 saturated heterocycles. The fourth-order valence-electron chi connectivity index (χ4n) is 1.14. The molecule has 1 aromatic rings. The summed E-state index contributed by atoms with van der Waals surface area (Å²) in [5, 5.41) is 0. The first-order valence-electron chi connectivity index (χ1n) is 4.75. The highest BCUT2D eigenvalue weighted by Gasteiger charge is 2.08. The molecule has 78 valence electrons. The van der Waals surface area contributed by atoms with E-state index in [9.17, 15) is 4.39 Å².